The normalized spacial score (nSPS) is 25.4. The zero-order valence-electron chi connectivity index (χ0n) is 12.5. The number of halogens is 1. The number of anilines is 1. The van der Waals surface area contributed by atoms with Crippen LogP contribution in [0, 0.1) is 0 Å². The molecule has 1 aromatic rings. The molecule has 2 aliphatic rings. The van der Waals surface area contributed by atoms with Crippen molar-refractivity contribution in [2.45, 2.75) is 37.8 Å². The van der Waals surface area contributed by atoms with E-state index in [4.69, 9.17) is 0 Å². The number of benzene rings is 1. The lowest BCUT2D eigenvalue weighted by molar-refractivity contribution is -0.123. The highest BCUT2D eigenvalue weighted by atomic mass is 79.9. The monoisotopic (exact) mass is 379 g/mol. The smallest absolute Gasteiger partial charge is 0.251 e. The third kappa shape index (κ3) is 3.45. The lowest BCUT2D eigenvalue weighted by Gasteiger charge is -2.20. The molecule has 0 aliphatic carbocycles. The second kappa shape index (κ2) is 6.80. The Kier molecular flexibility index (Phi) is 4.77. The van der Waals surface area contributed by atoms with Crippen LogP contribution >= 0.6 is 15.9 Å². The lowest BCUT2D eigenvalue weighted by atomic mass is 10.1. The highest BCUT2D eigenvalue weighted by molar-refractivity contribution is 9.10. The van der Waals surface area contributed by atoms with E-state index in [2.05, 4.69) is 26.6 Å². The van der Waals surface area contributed by atoms with E-state index in [-0.39, 0.29) is 24.1 Å². The first kappa shape index (κ1) is 16.1. The average molecular weight is 380 g/mol. The van der Waals surface area contributed by atoms with Crippen LogP contribution in [-0.4, -0.2) is 36.3 Å². The van der Waals surface area contributed by atoms with Gasteiger partial charge < -0.3 is 5.32 Å². The highest BCUT2D eigenvalue weighted by Crippen LogP contribution is 2.25. The van der Waals surface area contributed by atoms with Gasteiger partial charge in [-0.05, 0) is 43.5 Å². The van der Waals surface area contributed by atoms with Crippen molar-refractivity contribution in [1.29, 1.82) is 0 Å². The van der Waals surface area contributed by atoms with Crippen molar-refractivity contribution in [2.24, 2.45) is 0 Å². The van der Waals surface area contributed by atoms with Crippen LogP contribution in [0.3, 0.4) is 0 Å². The summed E-state index contributed by atoms with van der Waals surface area (Å²) in [5.41, 5.74) is 0.554. The first-order chi connectivity index (χ1) is 11.1. The van der Waals surface area contributed by atoms with Crippen molar-refractivity contribution in [2.75, 3.05) is 11.4 Å². The lowest BCUT2D eigenvalue weighted by Crippen LogP contribution is -2.50. The molecule has 0 spiro atoms. The first-order valence-corrected chi connectivity index (χ1v) is 8.51. The molecule has 2 saturated heterocycles. The van der Waals surface area contributed by atoms with Crippen LogP contribution in [-0.2, 0) is 14.4 Å². The summed E-state index contributed by atoms with van der Waals surface area (Å²) in [6, 6.07) is 5.97. The molecule has 6 nitrogen and oxygen atoms in total. The Balaban J connectivity index is 1.73. The number of amides is 3. The van der Waals surface area contributed by atoms with Gasteiger partial charge in [0.15, 0.2) is 0 Å². The summed E-state index contributed by atoms with van der Waals surface area (Å²) in [7, 11) is 0. The summed E-state index contributed by atoms with van der Waals surface area (Å²) < 4.78 is 0.880. The molecule has 2 fully saturated rings. The van der Waals surface area contributed by atoms with Gasteiger partial charge in [-0.25, -0.2) is 4.90 Å². The maximum atomic E-state index is 12.6. The average Bonchev–Trinajstić information content (AvgIpc) is 2.68. The first-order valence-electron chi connectivity index (χ1n) is 7.72. The minimum absolute atomic E-state index is 0.0820. The minimum atomic E-state index is -0.639. The van der Waals surface area contributed by atoms with Crippen molar-refractivity contribution in [3.8, 4) is 0 Å². The van der Waals surface area contributed by atoms with Crippen molar-refractivity contribution >= 4 is 39.3 Å². The molecule has 7 heteroatoms. The number of carbonyl (C=O) groups excluding carboxylic acids is 3. The highest BCUT2D eigenvalue weighted by Gasteiger charge is 2.41. The Morgan fingerprint density at radius 3 is 2.57 bits per heavy atom. The molecular formula is C16H18BrN3O3. The Bertz CT molecular complexity index is 632. The molecule has 0 unspecified atom stereocenters. The fourth-order valence-corrected chi connectivity index (χ4v) is 3.23. The second-order valence-electron chi connectivity index (χ2n) is 5.81. The molecule has 2 aliphatic heterocycles. The summed E-state index contributed by atoms with van der Waals surface area (Å²) in [5, 5.41) is 5.89. The Morgan fingerprint density at radius 1 is 1.09 bits per heavy atom. The number of carbonyl (C=O) groups is 3. The van der Waals surface area contributed by atoms with E-state index in [1.54, 1.807) is 24.3 Å². The number of nitrogens with zero attached hydrogens (tertiary/aromatic N) is 1. The largest absolute Gasteiger partial charge is 0.355 e. The molecule has 0 bridgehead atoms. The fourth-order valence-electron chi connectivity index (χ4n) is 2.96. The van der Waals surface area contributed by atoms with Crippen LogP contribution in [0.4, 0.5) is 5.69 Å². The van der Waals surface area contributed by atoms with E-state index >= 15 is 0 Å². The van der Waals surface area contributed by atoms with Crippen LogP contribution in [0.5, 0.6) is 0 Å². The van der Waals surface area contributed by atoms with Gasteiger partial charge in [0.25, 0.3) is 5.91 Å². The van der Waals surface area contributed by atoms with E-state index in [0.717, 1.165) is 17.3 Å². The third-order valence-electron chi connectivity index (χ3n) is 4.17. The predicted molar refractivity (Wildman–Crippen MR) is 88.8 cm³/mol. The summed E-state index contributed by atoms with van der Waals surface area (Å²) >= 11 is 3.33. The molecule has 3 amide bonds. The van der Waals surface area contributed by atoms with Gasteiger partial charge in [0, 0.05) is 11.0 Å². The SMILES string of the molecule is O=C1NCCCC[C@H]1N[C@H]1CC(=O)N(c2ccc(Br)cc2)C1=O. The molecule has 2 N–H and O–H groups in total. The number of hydrogen-bond donors (Lipinski definition) is 2. The molecular weight excluding hydrogens is 362 g/mol. The molecule has 0 radical (unpaired) electrons. The van der Waals surface area contributed by atoms with E-state index < -0.39 is 12.1 Å². The van der Waals surface area contributed by atoms with E-state index in [1.807, 2.05) is 0 Å². The van der Waals surface area contributed by atoms with Crippen molar-refractivity contribution < 1.29 is 14.4 Å². The van der Waals surface area contributed by atoms with Gasteiger partial charge in [-0.15, -0.1) is 0 Å². The topological polar surface area (TPSA) is 78.5 Å². The maximum absolute atomic E-state index is 12.6. The Morgan fingerprint density at radius 2 is 1.83 bits per heavy atom. The van der Waals surface area contributed by atoms with E-state index in [1.165, 1.54) is 4.90 Å². The zero-order valence-corrected chi connectivity index (χ0v) is 14.1. The quantitative estimate of drug-likeness (QED) is 0.776. The van der Waals surface area contributed by atoms with Crippen LogP contribution in [0.15, 0.2) is 28.7 Å². The molecule has 2 heterocycles. The van der Waals surface area contributed by atoms with Crippen LogP contribution < -0.4 is 15.5 Å². The van der Waals surface area contributed by atoms with Crippen molar-refractivity contribution in [3.63, 3.8) is 0 Å². The van der Waals surface area contributed by atoms with Gasteiger partial charge in [0.2, 0.25) is 11.8 Å². The standard InChI is InChI=1S/C16H18BrN3O3/c17-10-4-6-11(7-5-10)20-14(21)9-13(16(20)23)19-12-3-1-2-8-18-15(12)22/h4-7,12-13,19H,1-3,8-9H2,(H,18,22)/t12-,13+/m1/s1. The predicted octanol–water partition coefficient (Wildman–Crippen LogP) is 1.34. The van der Waals surface area contributed by atoms with Gasteiger partial charge >= 0.3 is 0 Å². The zero-order chi connectivity index (χ0) is 16.4. The van der Waals surface area contributed by atoms with Gasteiger partial charge in [0.1, 0.15) is 0 Å². The van der Waals surface area contributed by atoms with E-state index in [0.29, 0.717) is 18.7 Å². The number of hydrogen-bond acceptors (Lipinski definition) is 4. The summed E-state index contributed by atoms with van der Waals surface area (Å²) in [4.78, 5) is 38.0. The number of nitrogens with one attached hydrogen (secondary N) is 2. The molecule has 0 aromatic heterocycles. The van der Waals surface area contributed by atoms with Gasteiger partial charge in [-0.2, -0.15) is 0 Å². The molecule has 0 saturated carbocycles. The van der Waals surface area contributed by atoms with Gasteiger partial charge in [0.05, 0.1) is 24.2 Å². The van der Waals surface area contributed by atoms with Crippen LogP contribution in [0.1, 0.15) is 25.7 Å². The third-order valence-corrected chi connectivity index (χ3v) is 4.70. The van der Waals surface area contributed by atoms with E-state index in [9.17, 15) is 14.4 Å². The summed E-state index contributed by atoms with van der Waals surface area (Å²) in [6.07, 6.45) is 2.62. The second-order valence-corrected chi connectivity index (χ2v) is 6.72. The molecule has 2 atom stereocenters. The van der Waals surface area contributed by atoms with Crippen LogP contribution in [0.25, 0.3) is 0 Å². The molecule has 23 heavy (non-hydrogen) atoms. The molecule has 3 rings (SSSR count). The number of rotatable bonds is 3. The Hall–Kier alpha value is -1.73. The van der Waals surface area contributed by atoms with Crippen molar-refractivity contribution in [1.82, 2.24) is 10.6 Å². The molecule has 1 aromatic carbocycles. The van der Waals surface area contributed by atoms with Crippen molar-refractivity contribution in [3.05, 3.63) is 28.7 Å². The molecule has 122 valence electrons. The maximum Gasteiger partial charge on any atom is 0.251 e. The van der Waals surface area contributed by atoms with Gasteiger partial charge in [-0.3, -0.25) is 19.7 Å². The summed E-state index contributed by atoms with van der Waals surface area (Å²) in [6.45, 7) is 0.666. The summed E-state index contributed by atoms with van der Waals surface area (Å²) in [5.74, 6) is -0.636. The van der Waals surface area contributed by atoms with Gasteiger partial charge in [-0.1, -0.05) is 15.9 Å². The fraction of sp³-hybridized carbons (Fsp3) is 0.438. The Labute approximate surface area is 142 Å². The minimum Gasteiger partial charge on any atom is -0.355 e. The van der Waals surface area contributed by atoms with Crippen LogP contribution in [0.2, 0.25) is 0 Å². The number of imide groups is 1.